The van der Waals surface area contributed by atoms with Gasteiger partial charge in [0.05, 0.1) is 19.2 Å². The Morgan fingerprint density at radius 1 is 1.65 bits per heavy atom. The fourth-order valence-corrected chi connectivity index (χ4v) is 2.00. The van der Waals surface area contributed by atoms with Crippen molar-refractivity contribution in [3.05, 3.63) is 21.9 Å². The predicted octanol–water partition coefficient (Wildman–Crippen LogP) is 0.614. The van der Waals surface area contributed by atoms with Crippen LogP contribution in [0.5, 0.6) is 0 Å². The Balaban J connectivity index is 2.06. The van der Waals surface area contributed by atoms with Gasteiger partial charge >= 0.3 is 5.97 Å². The molecular weight excluding hydrogens is 228 g/mol. The van der Waals surface area contributed by atoms with Crippen LogP contribution in [0.2, 0.25) is 0 Å². The molecule has 0 aromatic carbocycles. The van der Waals surface area contributed by atoms with Gasteiger partial charge in [0, 0.05) is 17.8 Å². The maximum absolute atomic E-state index is 11.3. The molecule has 0 bridgehead atoms. The minimum atomic E-state index is -1.17. The minimum absolute atomic E-state index is 0.0767. The lowest BCUT2D eigenvalue weighted by atomic mass is 10.0. The highest BCUT2D eigenvalue weighted by Crippen LogP contribution is 2.38. The van der Waals surface area contributed by atoms with Gasteiger partial charge < -0.3 is 9.84 Å². The first-order valence-corrected chi connectivity index (χ1v) is 5.07. The molecule has 1 saturated heterocycles. The van der Waals surface area contributed by atoms with Crippen molar-refractivity contribution in [2.45, 2.75) is 18.9 Å². The second kappa shape index (κ2) is 4.34. The number of hydrogen-bond donors (Lipinski definition) is 1. The van der Waals surface area contributed by atoms with Crippen molar-refractivity contribution >= 4 is 11.9 Å². The number of nitrogens with zero attached hydrogens (tertiary/aromatic N) is 4. The van der Waals surface area contributed by atoms with Crippen molar-refractivity contribution in [1.82, 2.24) is 4.90 Å². The van der Waals surface area contributed by atoms with Crippen molar-refractivity contribution in [1.29, 1.82) is 0 Å². The zero-order valence-electron chi connectivity index (χ0n) is 8.87. The van der Waals surface area contributed by atoms with E-state index in [9.17, 15) is 9.59 Å². The van der Waals surface area contributed by atoms with Crippen molar-refractivity contribution < 1.29 is 19.4 Å². The molecule has 1 fully saturated rings. The first-order chi connectivity index (χ1) is 8.15. The number of aliphatic carboxylic acids is 1. The fourth-order valence-electron chi connectivity index (χ4n) is 2.00. The Kier molecular flexibility index (Phi) is 2.88. The summed E-state index contributed by atoms with van der Waals surface area (Å²) in [6.45, 7) is 0.246. The molecule has 0 aliphatic carbocycles. The standard InChI is InChI=1S/C9H10N4O4/c10-12-11-1-2-17-6-3-5-4-7(14)13(5)8(6)9(15)16/h5H,1-4H2,(H,15,16). The summed E-state index contributed by atoms with van der Waals surface area (Å²) in [5.74, 6) is -1.07. The van der Waals surface area contributed by atoms with Crippen molar-refractivity contribution in [2.75, 3.05) is 13.2 Å². The number of carboxylic acids is 1. The molecule has 2 aliphatic rings. The zero-order valence-corrected chi connectivity index (χ0v) is 8.87. The van der Waals surface area contributed by atoms with E-state index < -0.39 is 5.97 Å². The molecule has 2 rings (SSSR count). The lowest BCUT2D eigenvalue weighted by molar-refractivity contribution is -0.147. The van der Waals surface area contributed by atoms with Gasteiger partial charge in [0.2, 0.25) is 5.91 Å². The van der Waals surface area contributed by atoms with Crippen LogP contribution in [0.4, 0.5) is 0 Å². The van der Waals surface area contributed by atoms with Gasteiger partial charge in [-0.25, -0.2) is 4.79 Å². The second-order valence-corrected chi connectivity index (χ2v) is 3.71. The van der Waals surface area contributed by atoms with Crippen LogP contribution < -0.4 is 0 Å². The first kappa shape index (κ1) is 11.3. The van der Waals surface area contributed by atoms with Gasteiger partial charge in [-0.3, -0.25) is 9.69 Å². The average molecular weight is 238 g/mol. The fraction of sp³-hybridized carbons (Fsp3) is 0.556. The summed E-state index contributed by atoms with van der Waals surface area (Å²) in [6, 6.07) is -0.0805. The van der Waals surface area contributed by atoms with E-state index in [-0.39, 0.29) is 30.8 Å². The van der Waals surface area contributed by atoms with E-state index in [4.69, 9.17) is 15.4 Å². The third-order valence-corrected chi connectivity index (χ3v) is 2.70. The molecule has 1 amide bonds. The van der Waals surface area contributed by atoms with Crippen LogP contribution >= 0.6 is 0 Å². The first-order valence-electron chi connectivity index (χ1n) is 5.07. The van der Waals surface area contributed by atoms with E-state index in [1.807, 2.05) is 0 Å². The van der Waals surface area contributed by atoms with Crippen LogP contribution in [-0.4, -0.2) is 41.1 Å². The number of hydrogen-bond acceptors (Lipinski definition) is 4. The number of β-lactam (4-membered cyclic amide) rings is 1. The summed E-state index contributed by atoms with van der Waals surface area (Å²) in [5.41, 5.74) is 7.99. The minimum Gasteiger partial charge on any atom is -0.495 e. The molecule has 17 heavy (non-hydrogen) atoms. The zero-order chi connectivity index (χ0) is 12.4. The number of fused-ring (bicyclic) bond motifs is 1. The quantitative estimate of drug-likeness (QED) is 0.248. The molecule has 1 unspecified atom stereocenters. The van der Waals surface area contributed by atoms with E-state index in [2.05, 4.69) is 10.0 Å². The molecule has 1 N–H and O–H groups in total. The Labute approximate surface area is 96.1 Å². The average Bonchev–Trinajstić information content (AvgIpc) is 2.57. The Bertz CT molecular complexity index is 452. The SMILES string of the molecule is [N-]=[N+]=NCCOC1=C(C(=O)O)N2C(=O)CC2C1. The largest absolute Gasteiger partial charge is 0.495 e. The summed E-state index contributed by atoms with van der Waals surface area (Å²) >= 11 is 0. The summed E-state index contributed by atoms with van der Waals surface area (Å²) in [6.07, 6.45) is 0.781. The summed E-state index contributed by atoms with van der Waals surface area (Å²) in [5, 5.41) is 12.3. The van der Waals surface area contributed by atoms with E-state index in [0.717, 1.165) is 0 Å². The highest BCUT2D eigenvalue weighted by atomic mass is 16.5. The van der Waals surface area contributed by atoms with Crippen molar-refractivity contribution in [3.63, 3.8) is 0 Å². The molecule has 0 spiro atoms. The number of carbonyl (C=O) groups excluding carboxylic acids is 1. The van der Waals surface area contributed by atoms with E-state index >= 15 is 0 Å². The van der Waals surface area contributed by atoms with Gasteiger partial charge in [0.25, 0.3) is 0 Å². The van der Waals surface area contributed by atoms with Gasteiger partial charge in [-0.15, -0.1) is 0 Å². The summed E-state index contributed by atoms with van der Waals surface area (Å²) < 4.78 is 5.25. The lowest BCUT2D eigenvalue weighted by Crippen LogP contribution is -2.49. The van der Waals surface area contributed by atoms with Crippen molar-refractivity contribution in [3.8, 4) is 0 Å². The Morgan fingerprint density at radius 2 is 2.41 bits per heavy atom. The van der Waals surface area contributed by atoms with Crippen LogP contribution in [0.1, 0.15) is 12.8 Å². The van der Waals surface area contributed by atoms with Crippen LogP contribution in [0.15, 0.2) is 16.6 Å². The topological polar surface area (TPSA) is 116 Å². The highest BCUT2D eigenvalue weighted by molar-refractivity contribution is 5.97. The third-order valence-electron chi connectivity index (χ3n) is 2.70. The monoisotopic (exact) mass is 238 g/mol. The van der Waals surface area contributed by atoms with E-state index in [0.29, 0.717) is 18.6 Å². The third kappa shape index (κ3) is 1.90. The molecule has 0 aromatic heterocycles. The molecule has 90 valence electrons. The molecule has 2 heterocycles. The van der Waals surface area contributed by atoms with Gasteiger partial charge in [-0.2, -0.15) is 0 Å². The maximum atomic E-state index is 11.3. The maximum Gasteiger partial charge on any atom is 0.356 e. The number of azide groups is 1. The lowest BCUT2D eigenvalue weighted by Gasteiger charge is -2.34. The van der Waals surface area contributed by atoms with Crippen LogP contribution in [0.25, 0.3) is 10.4 Å². The van der Waals surface area contributed by atoms with Gasteiger partial charge in [-0.05, 0) is 5.53 Å². The Hall–Kier alpha value is -2.21. The molecule has 2 aliphatic heterocycles. The van der Waals surface area contributed by atoms with Gasteiger partial charge in [-0.1, -0.05) is 5.11 Å². The number of rotatable bonds is 5. The number of amides is 1. The van der Waals surface area contributed by atoms with Gasteiger partial charge in [0.15, 0.2) is 5.70 Å². The molecule has 0 aromatic rings. The number of carbonyl (C=O) groups is 2. The Morgan fingerprint density at radius 3 is 3.00 bits per heavy atom. The van der Waals surface area contributed by atoms with E-state index in [1.165, 1.54) is 4.90 Å². The molecule has 1 atom stereocenters. The van der Waals surface area contributed by atoms with Crippen LogP contribution in [0, 0.1) is 0 Å². The predicted molar refractivity (Wildman–Crippen MR) is 54.5 cm³/mol. The summed E-state index contributed by atoms with van der Waals surface area (Å²) in [4.78, 5) is 26.1. The molecule has 0 radical (unpaired) electrons. The number of carboxylic acid groups (broad SMARTS) is 1. The van der Waals surface area contributed by atoms with E-state index in [1.54, 1.807) is 0 Å². The number of ether oxygens (including phenoxy) is 1. The molecular formula is C9H10N4O4. The summed E-state index contributed by atoms with van der Waals surface area (Å²) in [7, 11) is 0. The second-order valence-electron chi connectivity index (χ2n) is 3.71. The van der Waals surface area contributed by atoms with Crippen LogP contribution in [0.3, 0.4) is 0 Å². The molecule has 8 heteroatoms. The normalized spacial score (nSPS) is 21.8. The highest BCUT2D eigenvalue weighted by Gasteiger charge is 2.48. The van der Waals surface area contributed by atoms with Gasteiger partial charge in [0.1, 0.15) is 5.76 Å². The van der Waals surface area contributed by atoms with Crippen LogP contribution in [-0.2, 0) is 14.3 Å². The van der Waals surface area contributed by atoms with Crippen molar-refractivity contribution in [2.24, 2.45) is 5.11 Å². The smallest absolute Gasteiger partial charge is 0.356 e. The molecule has 0 saturated carbocycles. The molecule has 8 nitrogen and oxygen atoms in total.